The largest absolute Gasteiger partial charge is 0.493 e. The fraction of sp³-hybridized carbons (Fsp3) is 0.308. The number of carbonyl (C=O) groups is 1. The first kappa shape index (κ1) is 20.9. The summed E-state index contributed by atoms with van der Waals surface area (Å²) in [7, 11) is 1.63. The van der Waals surface area contributed by atoms with Crippen molar-refractivity contribution in [3.05, 3.63) is 71.8 Å². The molecule has 0 fully saturated rings. The van der Waals surface area contributed by atoms with Crippen LogP contribution in [0.25, 0.3) is 10.8 Å². The van der Waals surface area contributed by atoms with Gasteiger partial charge in [0.1, 0.15) is 6.61 Å². The van der Waals surface area contributed by atoms with Crippen LogP contribution in [0.5, 0.6) is 11.5 Å². The summed E-state index contributed by atoms with van der Waals surface area (Å²) >= 11 is 0. The molecular weight excluding hydrogens is 388 g/mol. The Bertz CT molecular complexity index is 1160. The first-order valence-corrected chi connectivity index (χ1v) is 10.5. The van der Waals surface area contributed by atoms with E-state index in [1.54, 1.807) is 12.1 Å². The maximum Gasteiger partial charge on any atom is 0.254 e. The van der Waals surface area contributed by atoms with E-state index >= 15 is 0 Å². The highest BCUT2D eigenvalue weighted by Crippen LogP contribution is 2.37. The first-order valence-electron chi connectivity index (χ1n) is 10.5. The first-order chi connectivity index (χ1) is 14.8. The average molecular weight is 417 g/mol. The maximum absolute atomic E-state index is 12.9. The van der Waals surface area contributed by atoms with Crippen LogP contribution in [0.2, 0.25) is 0 Å². The second kappa shape index (κ2) is 8.06. The van der Waals surface area contributed by atoms with E-state index < -0.39 is 5.41 Å². The zero-order chi connectivity index (χ0) is 22.2. The molecule has 0 bridgehead atoms. The zero-order valence-corrected chi connectivity index (χ0v) is 18.7. The molecule has 1 amide bonds. The molecular formula is C26H28N2O3. The van der Waals surface area contributed by atoms with Crippen LogP contribution in [0.1, 0.15) is 38.8 Å². The Morgan fingerprint density at radius 2 is 1.74 bits per heavy atom. The lowest BCUT2D eigenvalue weighted by Crippen LogP contribution is -2.37. The van der Waals surface area contributed by atoms with Crippen molar-refractivity contribution in [3.63, 3.8) is 0 Å². The van der Waals surface area contributed by atoms with Gasteiger partial charge in [-0.25, -0.2) is 5.01 Å². The van der Waals surface area contributed by atoms with E-state index in [0.717, 1.165) is 16.8 Å². The van der Waals surface area contributed by atoms with Gasteiger partial charge < -0.3 is 9.47 Å². The lowest BCUT2D eigenvalue weighted by Gasteiger charge is -2.22. The van der Waals surface area contributed by atoms with Crippen LogP contribution in [-0.2, 0) is 11.4 Å². The van der Waals surface area contributed by atoms with Gasteiger partial charge in [0.15, 0.2) is 11.5 Å². The van der Waals surface area contributed by atoms with Crippen LogP contribution in [0.3, 0.4) is 0 Å². The van der Waals surface area contributed by atoms with Crippen molar-refractivity contribution < 1.29 is 14.3 Å². The summed E-state index contributed by atoms with van der Waals surface area (Å²) in [6.07, 6.45) is 0. The Morgan fingerprint density at radius 3 is 2.45 bits per heavy atom. The van der Waals surface area contributed by atoms with Crippen LogP contribution in [0, 0.1) is 5.41 Å². The van der Waals surface area contributed by atoms with Gasteiger partial charge in [-0.2, -0.15) is 5.10 Å². The van der Waals surface area contributed by atoms with Crippen molar-refractivity contribution in [3.8, 4) is 11.5 Å². The van der Waals surface area contributed by atoms with E-state index in [9.17, 15) is 4.79 Å². The van der Waals surface area contributed by atoms with E-state index in [-0.39, 0.29) is 11.9 Å². The molecule has 3 aromatic rings. The van der Waals surface area contributed by atoms with E-state index in [1.807, 2.05) is 64.1 Å². The molecule has 5 nitrogen and oxygen atoms in total. The number of ether oxygens (including phenoxy) is 2. The Morgan fingerprint density at radius 1 is 1.00 bits per heavy atom. The predicted octanol–water partition coefficient (Wildman–Crippen LogP) is 5.41. The number of nitrogens with zero attached hydrogens (tertiary/aromatic N) is 2. The lowest BCUT2D eigenvalue weighted by molar-refractivity contribution is -0.136. The number of hydrazone groups is 1. The molecule has 1 heterocycles. The summed E-state index contributed by atoms with van der Waals surface area (Å²) < 4.78 is 11.7. The molecule has 160 valence electrons. The van der Waals surface area contributed by atoms with E-state index in [1.165, 1.54) is 10.8 Å². The van der Waals surface area contributed by atoms with Crippen LogP contribution in [-0.4, -0.2) is 29.8 Å². The minimum Gasteiger partial charge on any atom is -0.493 e. The third-order valence-corrected chi connectivity index (χ3v) is 5.73. The van der Waals surface area contributed by atoms with Gasteiger partial charge >= 0.3 is 0 Å². The second-order valence-electron chi connectivity index (χ2n) is 8.61. The molecule has 4 rings (SSSR count). The van der Waals surface area contributed by atoms with Gasteiger partial charge in [-0.15, -0.1) is 0 Å². The van der Waals surface area contributed by atoms with Gasteiger partial charge in [0.2, 0.25) is 0 Å². The Balaban J connectivity index is 1.67. The van der Waals surface area contributed by atoms with Gasteiger partial charge in [-0.05, 0) is 62.2 Å². The van der Waals surface area contributed by atoms with Crippen molar-refractivity contribution >= 4 is 22.4 Å². The minimum atomic E-state index is -0.703. The minimum absolute atomic E-state index is 0.00426. The van der Waals surface area contributed by atoms with Crippen molar-refractivity contribution in [2.75, 3.05) is 7.11 Å². The number of carbonyl (C=O) groups excluding carboxylic acids is 1. The number of fused-ring (bicyclic) bond motifs is 1. The topological polar surface area (TPSA) is 51.1 Å². The number of benzene rings is 3. The summed E-state index contributed by atoms with van der Waals surface area (Å²) in [5.74, 6) is 1.28. The highest BCUT2D eigenvalue weighted by molar-refractivity contribution is 6.19. The molecule has 0 atom stereocenters. The molecule has 1 aliphatic heterocycles. The summed E-state index contributed by atoms with van der Waals surface area (Å²) in [6.45, 7) is 8.17. The number of hydrogen-bond acceptors (Lipinski definition) is 4. The van der Waals surface area contributed by atoms with E-state index in [4.69, 9.17) is 9.47 Å². The van der Waals surface area contributed by atoms with Gasteiger partial charge in [0, 0.05) is 11.6 Å². The summed E-state index contributed by atoms with van der Waals surface area (Å²) in [4.78, 5) is 12.9. The van der Waals surface area contributed by atoms with E-state index in [2.05, 4.69) is 29.4 Å². The lowest BCUT2D eigenvalue weighted by atomic mass is 9.83. The molecule has 0 aliphatic carbocycles. The van der Waals surface area contributed by atoms with Crippen molar-refractivity contribution in [2.45, 2.75) is 40.3 Å². The Kier molecular flexibility index (Phi) is 5.44. The molecule has 0 saturated heterocycles. The molecule has 0 unspecified atom stereocenters. The summed E-state index contributed by atoms with van der Waals surface area (Å²) in [6, 6.07) is 20.2. The van der Waals surface area contributed by atoms with E-state index in [0.29, 0.717) is 18.1 Å². The average Bonchev–Trinajstić information content (AvgIpc) is 3.01. The molecule has 31 heavy (non-hydrogen) atoms. The second-order valence-corrected chi connectivity index (χ2v) is 8.61. The maximum atomic E-state index is 12.9. The molecule has 0 saturated carbocycles. The third-order valence-electron chi connectivity index (χ3n) is 5.73. The van der Waals surface area contributed by atoms with Crippen molar-refractivity contribution in [1.82, 2.24) is 5.01 Å². The van der Waals surface area contributed by atoms with Gasteiger partial charge in [-0.3, -0.25) is 4.79 Å². The SMILES string of the molecule is COc1ccc(C2=NN(C(C)C)C(=O)C2(C)C)cc1OCc1cccc2ccccc12. The summed E-state index contributed by atoms with van der Waals surface area (Å²) in [5.41, 5.74) is 2.00. The fourth-order valence-corrected chi connectivity index (χ4v) is 3.95. The number of methoxy groups -OCH3 is 1. The van der Waals surface area contributed by atoms with Gasteiger partial charge in [-0.1, -0.05) is 42.5 Å². The molecule has 0 radical (unpaired) electrons. The molecule has 5 heteroatoms. The van der Waals surface area contributed by atoms with Crippen LogP contribution >= 0.6 is 0 Å². The van der Waals surface area contributed by atoms with Crippen LogP contribution in [0.15, 0.2) is 65.8 Å². The highest BCUT2D eigenvalue weighted by Gasteiger charge is 2.44. The molecule has 0 spiro atoms. The molecule has 0 aromatic heterocycles. The van der Waals surface area contributed by atoms with Crippen molar-refractivity contribution in [2.24, 2.45) is 10.5 Å². The zero-order valence-electron chi connectivity index (χ0n) is 18.7. The summed E-state index contributed by atoms with van der Waals surface area (Å²) in [5, 5.41) is 8.56. The normalized spacial score (nSPS) is 15.5. The smallest absolute Gasteiger partial charge is 0.254 e. The predicted molar refractivity (Wildman–Crippen MR) is 124 cm³/mol. The fourth-order valence-electron chi connectivity index (χ4n) is 3.95. The number of rotatable bonds is 6. The number of hydrogen-bond donors (Lipinski definition) is 0. The van der Waals surface area contributed by atoms with Crippen LogP contribution < -0.4 is 9.47 Å². The number of amides is 1. The third kappa shape index (κ3) is 3.76. The van der Waals surface area contributed by atoms with Crippen LogP contribution in [0.4, 0.5) is 0 Å². The van der Waals surface area contributed by atoms with Crippen molar-refractivity contribution in [1.29, 1.82) is 0 Å². The standard InChI is InChI=1S/C26H28N2O3/c1-17(2)28-25(29)26(3,4)24(27-28)19-13-14-22(30-5)23(15-19)31-16-20-11-8-10-18-9-6-7-12-21(18)20/h6-15,17H,16H2,1-5H3. The quantitative estimate of drug-likeness (QED) is 0.540. The Hall–Kier alpha value is -3.34. The molecule has 3 aromatic carbocycles. The van der Waals surface area contributed by atoms with Gasteiger partial charge in [0.05, 0.1) is 18.2 Å². The highest BCUT2D eigenvalue weighted by atomic mass is 16.5. The molecule has 1 aliphatic rings. The van der Waals surface area contributed by atoms with Gasteiger partial charge in [0.25, 0.3) is 5.91 Å². The Labute approximate surface area is 183 Å². The molecule has 0 N–H and O–H groups in total. The monoisotopic (exact) mass is 416 g/mol.